The smallest absolute Gasteiger partial charge is 0.341 e. The molecule has 0 fully saturated rings. The van der Waals surface area contributed by atoms with Crippen LogP contribution in [-0.4, -0.2) is 19.7 Å². The Morgan fingerprint density at radius 1 is 1.05 bits per heavy atom. The second kappa shape index (κ2) is 7.33. The van der Waals surface area contributed by atoms with Crippen molar-refractivity contribution in [2.75, 3.05) is 13.7 Å². The fourth-order valence-electron chi connectivity index (χ4n) is 1.80. The Balaban J connectivity index is 2.26. The van der Waals surface area contributed by atoms with Gasteiger partial charge in [-0.25, -0.2) is 4.79 Å². The summed E-state index contributed by atoms with van der Waals surface area (Å²) in [5.41, 5.74) is 0.361. The molecule has 0 heterocycles. The zero-order chi connectivity index (χ0) is 15.1. The Labute approximate surface area is 124 Å². The van der Waals surface area contributed by atoms with Crippen molar-refractivity contribution in [3.63, 3.8) is 0 Å². The molecule has 0 saturated carbocycles. The van der Waals surface area contributed by atoms with Crippen LogP contribution in [0.5, 0.6) is 17.2 Å². The van der Waals surface area contributed by atoms with Crippen LogP contribution in [0.2, 0.25) is 0 Å². The SMILES string of the molecule is CCCOc1ccc(Oc2ccccc2)cc1C(=O)OC. The lowest BCUT2D eigenvalue weighted by Gasteiger charge is -2.12. The second-order valence-corrected chi connectivity index (χ2v) is 4.41. The van der Waals surface area contributed by atoms with Gasteiger partial charge in [-0.15, -0.1) is 0 Å². The van der Waals surface area contributed by atoms with Gasteiger partial charge in [0.25, 0.3) is 0 Å². The lowest BCUT2D eigenvalue weighted by molar-refractivity contribution is 0.0595. The highest BCUT2D eigenvalue weighted by molar-refractivity contribution is 5.93. The van der Waals surface area contributed by atoms with E-state index in [1.165, 1.54) is 7.11 Å². The van der Waals surface area contributed by atoms with E-state index in [1.54, 1.807) is 18.2 Å². The third kappa shape index (κ3) is 3.99. The molecule has 0 N–H and O–H groups in total. The first-order chi connectivity index (χ1) is 10.2. The first kappa shape index (κ1) is 14.9. The van der Waals surface area contributed by atoms with Crippen LogP contribution < -0.4 is 9.47 Å². The predicted octanol–water partition coefficient (Wildman–Crippen LogP) is 4.05. The number of hydrogen-bond donors (Lipinski definition) is 0. The van der Waals surface area contributed by atoms with Crippen molar-refractivity contribution in [2.24, 2.45) is 0 Å². The van der Waals surface area contributed by atoms with E-state index >= 15 is 0 Å². The number of rotatable bonds is 6. The van der Waals surface area contributed by atoms with Crippen LogP contribution in [0, 0.1) is 0 Å². The van der Waals surface area contributed by atoms with E-state index in [1.807, 2.05) is 37.3 Å². The summed E-state index contributed by atoms with van der Waals surface area (Å²) in [6.45, 7) is 2.55. The van der Waals surface area contributed by atoms with Crippen molar-refractivity contribution in [3.05, 3.63) is 54.1 Å². The fourth-order valence-corrected chi connectivity index (χ4v) is 1.80. The van der Waals surface area contributed by atoms with Gasteiger partial charge in [0.15, 0.2) is 0 Å². The molecule has 21 heavy (non-hydrogen) atoms. The summed E-state index contributed by atoms with van der Waals surface area (Å²) in [5, 5.41) is 0. The highest BCUT2D eigenvalue weighted by Gasteiger charge is 2.15. The lowest BCUT2D eigenvalue weighted by Crippen LogP contribution is -2.06. The Bertz CT molecular complexity index is 593. The quantitative estimate of drug-likeness (QED) is 0.751. The van der Waals surface area contributed by atoms with E-state index in [0.29, 0.717) is 29.4 Å². The number of hydrogen-bond acceptors (Lipinski definition) is 4. The molecule has 0 amide bonds. The fraction of sp³-hybridized carbons (Fsp3) is 0.235. The third-order valence-electron chi connectivity index (χ3n) is 2.80. The maximum atomic E-state index is 11.8. The van der Waals surface area contributed by atoms with Gasteiger partial charge in [-0.2, -0.15) is 0 Å². The van der Waals surface area contributed by atoms with Gasteiger partial charge in [0, 0.05) is 0 Å². The van der Waals surface area contributed by atoms with Gasteiger partial charge < -0.3 is 14.2 Å². The molecule has 0 radical (unpaired) electrons. The minimum absolute atomic E-state index is 0.361. The summed E-state index contributed by atoms with van der Waals surface area (Å²) >= 11 is 0. The summed E-state index contributed by atoms with van der Waals surface area (Å²) in [6, 6.07) is 14.5. The van der Waals surface area contributed by atoms with Crippen LogP contribution in [0.25, 0.3) is 0 Å². The number of methoxy groups -OCH3 is 1. The van der Waals surface area contributed by atoms with E-state index < -0.39 is 5.97 Å². The molecule has 0 bridgehead atoms. The molecule has 0 aliphatic heterocycles. The lowest BCUT2D eigenvalue weighted by atomic mass is 10.2. The van der Waals surface area contributed by atoms with Crippen LogP contribution in [0.1, 0.15) is 23.7 Å². The van der Waals surface area contributed by atoms with Gasteiger partial charge in [0.1, 0.15) is 22.8 Å². The molecule has 0 spiro atoms. The molecule has 0 aliphatic carbocycles. The van der Waals surface area contributed by atoms with Crippen LogP contribution >= 0.6 is 0 Å². The second-order valence-electron chi connectivity index (χ2n) is 4.41. The maximum absolute atomic E-state index is 11.8. The molecule has 2 rings (SSSR count). The van der Waals surface area contributed by atoms with Gasteiger partial charge >= 0.3 is 5.97 Å². The molecular weight excluding hydrogens is 268 g/mol. The van der Waals surface area contributed by atoms with Crippen molar-refractivity contribution in [2.45, 2.75) is 13.3 Å². The van der Waals surface area contributed by atoms with Crippen molar-refractivity contribution < 1.29 is 19.0 Å². The van der Waals surface area contributed by atoms with E-state index in [9.17, 15) is 4.79 Å². The highest BCUT2D eigenvalue weighted by atomic mass is 16.5. The van der Waals surface area contributed by atoms with E-state index in [4.69, 9.17) is 14.2 Å². The molecule has 2 aromatic rings. The monoisotopic (exact) mass is 286 g/mol. The van der Waals surface area contributed by atoms with Gasteiger partial charge in [-0.1, -0.05) is 25.1 Å². The number of carbonyl (C=O) groups excluding carboxylic acids is 1. The number of ether oxygens (including phenoxy) is 3. The molecular formula is C17H18O4. The summed E-state index contributed by atoms with van der Waals surface area (Å²) < 4.78 is 16.1. The largest absolute Gasteiger partial charge is 0.493 e. The Hall–Kier alpha value is -2.49. The summed E-state index contributed by atoms with van der Waals surface area (Å²) in [4.78, 5) is 11.8. The molecule has 0 saturated heterocycles. The average molecular weight is 286 g/mol. The zero-order valence-corrected chi connectivity index (χ0v) is 12.2. The van der Waals surface area contributed by atoms with Crippen LogP contribution in [-0.2, 0) is 4.74 Å². The van der Waals surface area contributed by atoms with E-state index in [2.05, 4.69) is 0 Å². The Morgan fingerprint density at radius 3 is 2.48 bits per heavy atom. The van der Waals surface area contributed by atoms with Gasteiger partial charge in [-0.3, -0.25) is 0 Å². The van der Waals surface area contributed by atoms with E-state index in [-0.39, 0.29) is 0 Å². The standard InChI is InChI=1S/C17H18O4/c1-3-11-20-16-10-9-14(12-15(16)17(18)19-2)21-13-7-5-4-6-8-13/h4-10,12H,3,11H2,1-2H3. The number of benzene rings is 2. The molecule has 0 atom stereocenters. The molecule has 4 heteroatoms. The van der Waals surface area contributed by atoms with Crippen molar-refractivity contribution >= 4 is 5.97 Å². The summed E-state index contributed by atoms with van der Waals surface area (Å²) in [5.74, 6) is 1.32. The Kier molecular flexibility index (Phi) is 5.21. The molecule has 0 aromatic heterocycles. The topological polar surface area (TPSA) is 44.8 Å². The summed E-state index contributed by atoms with van der Waals surface area (Å²) in [6.07, 6.45) is 0.864. The molecule has 2 aromatic carbocycles. The van der Waals surface area contributed by atoms with Crippen molar-refractivity contribution in [1.29, 1.82) is 0 Å². The van der Waals surface area contributed by atoms with Gasteiger partial charge in [0.05, 0.1) is 13.7 Å². The number of esters is 1. The minimum atomic E-state index is -0.445. The van der Waals surface area contributed by atoms with Crippen LogP contribution in [0.4, 0.5) is 0 Å². The predicted molar refractivity (Wildman–Crippen MR) is 80.1 cm³/mol. The highest BCUT2D eigenvalue weighted by Crippen LogP contribution is 2.28. The first-order valence-electron chi connectivity index (χ1n) is 6.82. The normalized spacial score (nSPS) is 10.0. The Morgan fingerprint density at radius 2 is 1.81 bits per heavy atom. The third-order valence-corrected chi connectivity index (χ3v) is 2.80. The maximum Gasteiger partial charge on any atom is 0.341 e. The molecule has 0 aliphatic rings. The number of carbonyl (C=O) groups is 1. The number of para-hydroxylation sites is 1. The minimum Gasteiger partial charge on any atom is -0.493 e. The van der Waals surface area contributed by atoms with Gasteiger partial charge in [0.2, 0.25) is 0 Å². The van der Waals surface area contributed by atoms with Crippen LogP contribution in [0.15, 0.2) is 48.5 Å². The van der Waals surface area contributed by atoms with E-state index in [0.717, 1.165) is 6.42 Å². The molecule has 0 unspecified atom stereocenters. The molecule has 110 valence electrons. The average Bonchev–Trinajstić information content (AvgIpc) is 2.53. The summed E-state index contributed by atoms with van der Waals surface area (Å²) in [7, 11) is 1.34. The zero-order valence-electron chi connectivity index (χ0n) is 12.2. The molecule has 4 nitrogen and oxygen atoms in total. The van der Waals surface area contributed by atoms with Crippen molar-refractivity contribution in [3.8, 4) is 17.2 Å². The van der Waals surface area contributed by atoms with Crippen LogP contribution in [0.3, 0.4) is 0 Å². The van der Waals surface area contributed by atoms with Crippen molar-refractivity contribution in [1.82, 2.24) is 0 Å². The van der Waals surface area contributed by atoms with Gasteiger partial charge in [-0.05, 0) is 36.8 Å². The first-order valence-corrected chi connectivity index (χ1v) is 6.82.